The fourth-order valence-electron chi connectivity index (χ4n) is 2.51. The molecule has 0 saturated carbocycles. The van der Waals surface area contributed by atoms with E-state index in [4.69, 9.17) is 23.2 Å². The molecule has 0 aliphatic carbocycles. The predicted octanol–water partition coefficient (Wildman–Crippen LogP) is 4.90. The molecule has 0 aliphatic rings. The number of aromatic nitrogens is 1. The van der Waals surface area contributed by atoms with Crippen molar-refractivity contribution in [2.45, 2.75) is 33.2 Å². The third kappa shape index (κ3) is 4.19. The van der Waals surface area contributed by atoms with E-state index >= 15 is 0 Å². The van der Waals surface area contributed by atoms with Gasteiger partial charge in [0.15, 0.2) is 0 Å². The molecule has 0 amide bonds. The van der Waals surface area contributed by atoms with Gasteiger partial charge in [-0.2, -0.15) is 0 Å². The van der Waals surface area contributed by atoms with E-state index in [1.165, 1.54) is 11.1 Å². The zero-order chi connectivity index (χ0) is 15.4. The van der Waals surface area contributed by atoms with Gasteiger partial charge in [-0.15, -0.1) is 0 Å². The van der Waals surface area contributed by atoms with Gasteiger partial charge in [0.2, 0.25) is 0 Å². The van der Waals surface area contributed by atoms with Gasteiger partial charge >= 0.3 is 0 Å². The van der Waals surface area contributed by atoms with Crippen LogP contribution in [0.5, 0.6) is 0 Å². The van der Waals surface area contributed by atoms with E-state index in [0.29, 0.717) is 10.0 Å². The van der Waals surface area contributed by atoms with Crippen molar-refractivity contribution >= 4 is 23.2 Å². The van der Waals surface area contributed by atoms with Crippen LogP contribution in [0.1, 0.15) is 35.3 Å². The second-order valence-corrected chi connectivity index (χ2v) is 6.11. The zero-order valence-corrected chi connectivity index (χ0v) is 14.1. The standard InChI is InChI=1S/C17H20Cl2N2/c1-4-20-16(17-12(3)7-11(2)10-21-17)8-13-5-6-14(18)9-15(13)19/h5-7,9-10,16,20H,4,8H2,1-3H3. The molecule has 1 aromatic carbocycles. The van der Waals surface area contributed by atoms with Gasteiger partial charge in [-0.05, 0) is 55.6 Å². The summed E-state index contributed by atoms with van der Waals surface area (Å²) in [5, 5.41) is 4.86. The number of benzene rings is 1. The summed E-state index contributed by atoms with van der Waals surface area (Å²) in [6, 6.07) is 7.96. The number of rotatable bonds is 5. The van der Waals surface area contributed by atoms with E-state index in [9.17, 15) is 0 Å². The number of hydrogen-bond acceptors (Lipinski definition) is 2. The van der Waals surface area contributed by atoms with E-state index in [1.54, 1.807) is 6.07 Å². The van der Waals surface area contributed by atoms with Gasteiger partial charge < -0.3 is 5.32 Å². The first-order valence-corrected chi connectivity index (χ1v) is 7.87. The molecule has 0 bridgehead atoms. The van der Waals surface area contributed by atoms with Crippen LogP contribution in [-0.4, -0.2) is 11.5 Å². The van der Waals surface area contributed by atoms with Crippen molar-refractivity contribution in [2.24, 2.45) is 0 Å². The third-order valence-corrected chi connectivity index (χ3v) is 4.06. The second kappa shape index (κ2) is 7.26. The van der Waals surface area contributed by atoms with E-state index in [0.717, 1.165) is 24.2 Å². The van der Waals surface area contributed by atoms with Crippen LogP contribution in [0.2, 0.25) is 10.0 Å². The van der Waals surface area contributed by atoms with Crippen LogP contribution in [-0.2, 0) is 6.42 Å². The first-order chi connectivity index (χ1) is 10.0. The van der Waals surface area contributed by atoms with Crippen LogP contribution >= 0.6 is 23.2 Å². The summed E-state index contributed by atoms with van der Waals surface area (Å²) in [7, 11) is 0. The van der Waals surface area contributed by atoms with E-state index in [-0.39, 0.29) is 6.04 Å². The Balaban J connectivity index is 2.30. The van der Waals surface area contributed by atoms with Crippen molar-refractivity contribution in [3.8, 4) is 0 Å². The van der Waals surface area contributed by atoms with E-state index in [1.807, 2.05) is 18.3 Å². The van der Waals surface area contributed by atoms with Gasteiger partial charge in [0.05, 0.1) is 11.7 Å². The molecule has 1 heterocycles. The minimum atomic E-state index is 0.147. The van der Waals surface area contributed by atoms with Crippen LogP contribution in [0.3, 0.4) is 0 Å². The number of nitrogens with one attached hydrogen (secondary N) is 1. The summed E-state index contributed by atoms with van der Waals surface area (Å²) in [5.41, 5.74) is 4.53. The average Bonchev–Trinajstić information content (AvgIpc) is 2.41. The molecule has 0 aliphatic heterocycles. The largest absolute Gasteiger partial charge is 0.309 e. The molecule has 4 heteroatoms. The Morgan fingerprint density at radius 1 is 1.19 bits per heavy atom. The molecule has 112 valence electrons. The number of likely N-dealkylation sites (N-methyl/N-ethyl adjacent to an activating group) is 1. The number of aryl methyl sites for hydroxylation is 2. The molecule has 2 aromatic rings. The molecule has 2 nitrogen and oxygen atoms in total. The molecule has 1 aromatic heterocycles. The topological polar surface area (TPSA) is 24.9 Å². The highest BCUT2D eigenvalue weighted by molar-refractivity contribution is 6.35. The predicted molar refractivity (Wildman–Crippen MR) is 90.3 cm³/mol. The first kappa shape index (κ1) is 16.3. The summed E-state index contributed by atoms with van der Waals surface area (Å²) in [5.74, 6) is 0. The highest BCUT2D eigenvalue weighted by atomic mass is 35.5. The van der Waals surface area contributed by atoms with Crippen molar-refractivity contribution in [3.63, 3.8) is 0 Å². The lowest BCUT2D eigenvalue weighted by Gasteiger charge is -2.20. The van der Waals surface area contributed by atoms with Crippen LogP contribution in [0.25, 0.3) is 0 Å². The van der Waals surface area contributed by atoms with E-state index < -0.39 is 0 Å². The lowest BCUT2D eigenvalue weighted by Crippen LogP contribution is -2.25. The molecular formula is C17H20Cl2N2. The second-order valence-electron chi connectivity index (χ2n) is 5.26. The zero-order valence-electron chi connectivity index (χ0n) is 12.6. The van der Waals surface area contributed by atoms with Crippen molar-refractivity contribution in [3.05, 3.63) is 62.9 Å². The maximum absolute atomic E-state index is 6.29. The first-order valence-electron chi connectivity index (χ1n) is 7.11. The van der Waals surface area contributed by atoms with Crippen molar-refractivity contribution in [1.29, 1.82) is 0 Å². The molecule has 0 fully saturated rings. The summed E-state index contributed by atoms with van der Waals surface area (Å²) in [6.45, 7) is 7.14. The molecule has 0 spiro atoms. The fourth-order valence-corrected chi connectivity index (χ4v) is 3.00. The van der Waals surface area contributed by atoms with Crippen LogP contribution in [0.4, 0.5) is 0 Å². The molecule has 21 heavy (non-hydrogen) atoms. The smallest absolute Gasteiger partial charge is 0.0605 e. The number of nitrogens with zero attached hydrogens (tertiary/aromatic N) is 1. The monoisotopic (exact) mass is 322 g/mol. The molecule has 0 saturated heterocycles. The minimum Gasteiger partial charge on any atom is -0.309 e. The lowest BCUT2D eigenvalue weighted by molar-refractivity contribution is 0.533. The van der Waals surface area contributed by atoms with Crippen molar-refractivity contribution in [2.75, 3.05) is 6.54 Å². The van der Waals surface area contributed by atoms with Crippen molar-refractivity contribution in [1.82, 2.24) is 10.3 Å². The van der Waals surface area contributed by atoms with Gasteiger partial charge in [0.1, 0.15) is 0 Å². The quantitative estimate of drug-likeness (QED) is 0.846. The van der Waals surface area contributed by atoms with Crippen LogP contribution in [0.15, 0.2) is 30.5 Å². The average molecular weight is 323 g/mol. The van der Waals surface area contributed by atoms with Gasteiger partial charge in [-0.25, -0.2) is 0 Å². The Kier molecular flexibility index (Phi) is 5.63. The van der Waals surface area contributed by atoms with Crippen molar-refractivity contribution < 1.29 is 0 Å². The lowest BCUT2D eigenvalue weighted by atomic mass is 9.99. The van der Waals surface area contributed by atoms with Gasteiger partial charge in [-0.3, -0.25) is 4.98 Å². The molecule has 0 radical (unpaired) electrons. The minimum absolute atomic E-state index is 0.147. The summed E-state index contributed by atoms with van der Waals surface area (Å²) < 4.78 is 0. The number of pyridine rings is 1. The third-order valence-electron chi connectivity index (χ3n) is 3.48. The van der Waals surface area contributed by atoms with Gasteiger partial charge in [-0.1, -0.05) is 42.3 Å². The number of halogens is 2. The maximum Gasteiger partial charge on any atom is 0.0605 e. The Morgan fingerprint density at radius 2 is 1.95 bits per heavy atom. The molecule has 2 rings (SSSR count). The molecular weight excluding hydrogens is 303 g/mol. The summed E-state index contributed by atoms with van der Waals surface area (Å²) >= 11 is 12.3. The Hall–Kier alpha value is -1.09. The Bertz CT molecular complexity index is 626. The van der Waals surface area contributed by atoms with Gasteiger partial charge in [0, 0.05) is 16.2 Å². The molecule has 1 N–H and O–H groups in total. The summed E-state index contributed by atoms with van der Waals surface area (Å²) in [4.78, 5) is 4.61. The fraction of sp³-hybridized carbons (Fsp3) is 0.353. The van der Waals surface area contributed by atoms with Crippen LogP contribution < -0.4 is 5.32 Å². The number of hydrogen-bond donors (Lipinski definition) is 1. The highest BCUT2D eigenvalue weighted by Gasteiger charge is 2.16. The van der Waals surface area contributed by atoms with Crippen LogP contribution in [0, 0.1) is 13.8 Å². The molecule has 1 atom stereocenters. The normalized spacial score (nSPS) is 12.4. The molecule has 1 unspecified atom stereocenters. The van der Waals surface area contributed by atoms with Gasteiger partial charge in [0.25, 0.3) is 0 Å². The maximum atomic E-state index is 6.29. The highest BCUT2D eigenvalue weighted by Crippen LogP contribution is 2.27. The summed E-state index contributed by atoms with van der Waals surface area (Å²) in [6.07, 6.45) is 2.71. The Morgan fingerprint density at radius 3 is 2.57 bits per heavy atom. The van der Waals surface area contributed by atoms with E-state index in [2.05, 4.69) is 37.1 Å². The Labute approximate surface area is 136 Å². The SMILES string of the molecule is CCNC(Cc1ccc(Cl)cc1Cl)c1ncc(C)cc1C.